The lowest BCUT2D eigenvalue weighted by Gasteiger charge is -2.26. The molecule has 0 spiro atoms. The molecule has 0 aliphatic carbocycles. The zero-order chi connectivity index (χ0) is 23.2. The summed E-state index contributed by atoms with van der Waals surface area (Å²) in [6.45, 7) is 2.11. The van der Waals surface area contributed by atoms with Crippen molar-refractivity contribution in [1.29, 1.82) is 0 Å². The molecule has 0 radical (unpaired) electrons. The van der Waals surface area contributed by atoms with Crippen molar-refractivity contribution in [2.75, 3.05) is 4.31 Å². The van der Waals surface area contributed by atoms with Gasteiger partial charge in [-0.1, -0.05) is 57.4 Å². The predicted octanol–water partition coefficient (Wildman–Crippen LogP) is 7.21. The Labute approximate surface area is 206 Å². The van der Waals surface area contributed by atoms with E-state index in [-0.39, 0.29) is 11.4 Å². The number of sulfonamides is 1. The van der Waals surface area contributed by atoms with Crippen molar-refractivity contribution in [1.82, 2.24) is 4.40 Å². The van der Waals surface area contributed by atoms with Crippen molar-refractivity contribution in [3.63, 3.8) is 0 Å². The Morgan fingerprint density at radius 3 is 2.36 bits per heavy atom. The Hall–Kier alpha value is -2.80. The molecule has 2 aromatic heterocycles. The summed E-state index contributed by atoms with van der Waals surface area (Å²) >= 11 is 9.61. The highest BCUT2D eigenvalue weighted by Crippen LogP contribution is 2.34. The molecule has 5 rings (SSSR count). The lowest BCUT2D eigenvalue weighted by atomic mass is 10.1. The molecule has 33 heavy (non-hydrogen) atoms. The van der Waals surface area contributed by atoms with Gasteiger partial charge in [0, 0.05) is 21.1 Å². The van der Waals surface area contributed by atoms with Gasteiger partial charge in [-0.05, 0) is 73.2 Å². The van der Waals surface area contributed by atoms with Crippen LogP contribution in [0.2, 0.25) is 5.02 Å². The summed E-state index contributed by atoms with van der Waals surface area (Å²) in [6.07, 6.45) is 1.95. The normalized spacial score (nSPS) is 11.8. The average molecular weight is 540 g/mol. The van der Waals surface area contributed by atoms with Crippen LogP contribution in [0.3, 0.4) is 0 Å². The molecular formula is C26H20BrClN2O2S. The van der Waals surface area contributed by atoms with E-state index >= 15 is 0 Å². The van der Waals surface area contributed by atoms with E-state index in [1.807, 2.05) is 78.2 Å². The Morgan fingerprint density at radius 2 is 1.64 bits per heavy atom. The van der Waals surface area contributed by atoms with E-state index < -0.39 is 10.0 Å². The number of pyridine rings is 1. The molecule has 0 amide bonds. The van der Waals surface area contributed by atoms with Crippen LogP contribution in [-0.4, -0.2) is 12.8 Å². The van der Waals surface area contributed by atoms with Crippen molar-refractivity contribution < 1.29 is 8.42 Å². The summed E-state index contributed by atoms with van der Waals surface area (Å²) in [6, 6.07) is 26.0. The number of hydrogen-bond acceptors (Lipinski definition) is 2. The molecule has 0 saturated carbocycles. The van der Waals surface area contributed by atoms with Gasteiger partial charge in [0.2, 0.25) is 0 Å². The lowest BCUT2D eigenvalue weighted by molar-refractivity contribution is 0.590. The summed E-state index contributed by atoms with van der Waals surface area (Å²) in [4.78, 5) is 0.251. The van der Waals surface area contributed by atoms with Crippen LogP contribution in [0, 0.1) is 6.92 Å². The number of benzene rings is 3. The van der Waals surface area contributed by atoms with E-state index in [1.165, 1.54) is 4.31 Å². The molecule has 5 aromatic rings. The van der Waals surface area contributed by atoms with Crippen molar-refractivity contribution >= 4 is 59.7 Å². The summed E-state index contributed by atoms with van der Waals surface area (Å²) in [5, 5.41) is 1.54. The molecule has 4 nitrogen and oxygen atoms in total. The second-order valence-electron chi connectivity index (χ2n) is 7.95. The Bertz CT molecular complexity index is 1580. The van der Waals surface area contributed by atoms with Gasteiger partial charge >= 0.3 is 0 Å². The molecule has 7 heteroatoms. The molecular weight excluding hydrogens is 520 g/mol. The van der Waals surface area contributed by atoms with Gasteiger partial charge in [0.15, 0.2) is 0 Å². The molecule has 3 aromatic carbocycles. The van der Waals surface area contributed by atoms with E-state index in [0.717, 1.165) is 32.0 Å². The second kappa shape index (κ2) is 8.52. The molecule has 0 aliphatic heterocycles. The van der Waals surface area contributed by atoms with Crippen molar-refractivity contribution in [2.45, 2.75) is 18.4 Å². The van der Waals surface area contributed by atoms with Crippen molar-refractivity contribution in [3.8, 4) is 0 Å². The van der Waals surface area contributed by atoms with Gasteiger partial charge in [0.25, 0.3) is 10.0 Å². The minimum absolute atomic E-state index is 0.174. The van der Waals surface area contributed by atoms with Crippen LogP contribution in [0.15, 0.2) is 100 Å². The van der Waals surface area contributed by atoms with E-state index in [1.54, 1.807) is 24.3 Å². The standard InChI is InChI=1S/C26H20BrClN2O2S/c1-18-4-11-23(12-5-18)33(31,32)30(17-19-6-9-22(28)10-7-19)26-16-20-15-21(27)8-13-24(20)29-14-2-3-25(26)29/h2-16H,17H2,1H3. The number of anilines is 1. The number of fused-ring (bicyclic) bond motifs is 3. The van der Waals surface area contributed by atoms with Crippen LogP contribution in [0.1, 0.15) is 11.1 Å². The fourth-order valence-electron chi connectivity index (χ4n) is 3.97. The molecule has 0 atom stereocenters. The highest BCUT2D eigenvalue weighted by Gasteiger charge is 2.27. The van der Waals surface area contributed by atoms with Crippen molar-refractivity contribution in [3.05, 3.63) is 112 Å². The van der Waals surface area contributed by atoms with Gasteiger partial charge in [-0.25, -0.2) is 8.42 Å². The molecule has 0 fully saturated rings. The monoisotopic (exact) mass is 538 g/mol. The number of aryl methyl sites for hydroxylation is 1. The van der Waals surface area contributed by atoms with Gasteiger partial charge in [-0.3, -0.25) is 4.31 Å². The third-order valence-corrected chi connectivity index (χ3v) is 8.19. The lowest BCUT2D eigenvalue weighted by Crippen LogP contribution is -2.31. The third-order valence-electron chi connectivity index (χ3n) is 5.67. The summed E-state index contributed by atoms with van der Waals surface area (Å²) in [5.74, 6) is 0. The van der Waals surface area contributed by atoms with Gasteiger partial charge in [0.1, 0.15) is 0 Å². The first-order chi connectivity index (χ1) is 15.8. The first-order valence-corrected chi connectivity index (χ1v) is 13.0. The molecule has 2 heterocycles. The summed E-state index contributed by atoms with van der Waals surface area (Å²) in [5.41, 5.74) is 4.27. The largest absolute Gasteiger partial charge is 0.315 e. The maximum Gasteiger partial charge on any atom is 0.264 e. The highest BCUT2D eigenvalue weighted by molar-refractivity contribution is 9.10. The molecule has 0 saturated heterocycles. The second-order valence-corrected chi connectivity index (χ2v) is 11.2. The first-order valence-electron chi connectivity index (χ1n) is 10.4. The molecule has 166 valence electrons. The van der Waals surface area contributed by atoms with Gasteiger partial charge in [-0.2, -0.15) is 0 Å². The van der Waals surface area contributed by atoms with Crippen LogP contribution in [0.25, 0.3) is 16.4 Å². The molecule has 0 aliphatic rings. The average Bonchev–Trinajstić information content (AvgIpc) is 3.28. The maximum absolute atomic E-state index is 14.0. The predicted molar refractivity (Wildman–Crippen MR) is 139 cm³/mol. The molecule has 0 unspecified atom stereocenters. The highest BCUT2D eigenvalue weighted by atomic mass is 79.9. The minimum Gasteiger partial charge on any atom is -0.315 e. The topological polar surface area (TPSA) is 41.8 Å². The number of rotatable bonds is 5. The van der Waals surface area contributed by atoms with E-state index in [0.29, 0.717) is 10.7 Å². The van der Waals surface area contributed by atoms with Crippen LogP contribution in [-0.2, 0) is 16.6 Å². The molecule has 0 N–H and O–H groups in total. The Balaban J connectivity index is 1.76. The number of aromatic nitrogens is 1. The van der Waals surface area contributed by atoms with Crippen LogP contribution < -0.4 is 4.31 Å². The minimum atomic E-state index is -3.85. The van der Waals surface area contributed by atoms with E-state index in [4.69, 9.17) is 11.6 Å². The van der Waals surface area contributed by atoms with Crippen molar-refractivity contribution in [2.24, 2.45) is 0 Å². The zero-order valence-corrected chi connectivity index (χ0v) is 20.9. The maximum atomic E-state index is 14.0. The first kappa shape index (κ1) is 22.0. The third kappa shape index (κ3) is 4.14. The fourth-order valence-corrected chi connectivity index (χ4v) is 5.94. The van der Waals surface area contributed by atoms with Gasteiger partial charge in [-0.15, -0.1) is 0 Å². The smallest absolute Gasteiger partial charge is 0.264 e. The Kier molecular flexibility index (Phi) is 5.69. The SMILES string of the molecule is Cc1ccc(S(=O)(=O)N(Cc2ccc(Cl)cc2)c2cc3cc(Br)ccc3n3cccc23)cc1. The quantitative estimate of drug-likeness (QED) is 0.237. The summed E-state index contributed by atoms with van der Waals surface area (Å²) in [7, 11) is -3.85. The van der Waals surface area contributed by atoms with Crippen LogP contribution >= 0.6 is 27.5 Å². The van der Waals surface area contributed by atoms with E-state index in [9.17, 15) is 8.42 Å². The summed E-state index contributed by atoms with van der Waals surface area (Å²) < 4.78 is 32.4. The number of halogens is 2. The number of hydrogen-bond donors (Lipinski definition) is 0. The van der Waals surface area contributed by atoms with Gasteiger partial charge in [0.05, 0.1) is 28.2 Å². The molecule has 0 bridgehead atoms. The Morgan fingerprint density at radius 1 is 0.909 bits per heavy atom. The fraction of sp³-hybridized carbons (Fsp3) is 0.0769. The van der Waals surface area contributed by atoms with Crippen LogP contribution in [0.5, 0.6) is 0 Å². The van der Waals surface area contributed by atoms with E-state index in [2.05, 4.69) is 15.9 Å². The number of nitrogens with zero attached hydrogens (tertiary/aromatic N) is 2. The van der Waals surface area contributed by atoms with Gasteiger partial charge < -0.3 is 4.40 Å². The van der Waals surface area contributed by atoms with Crippen LogP contribution in [0.4, 0.5) is 5.69 Å². The zero-order valence-electron chi connectivity index (χ0n) is 17.7.